The predicted octanol–water partition coefficient (Wildman–Crippen LogP) is 6.58. The normalized spacial score (nSPS) is 15.4. The molecule has 0 radical (unpaired) electrons. The van der Waals surface area contributed by atoms with Gasteiger partial charge in [0.2, 0.25) is 0 Å². The molecule has 152 valence electrons. The van der Waals surface area contributed by atoms with E-state index in [1.165, 1.54) is 11.1 Å². The lowest BCUT2D eigenvalue weighted by Crippen LogP contribution is -2.45. The summed E-state index contributed by atoms with van der Waals surface area (Å²) in [4.78, 5) is 0. The first-order chi connectivity index (χ1) is 13.1. The molecule has 0 saturated carbocycles. The molecule has 0 spiro atoms. The lowest BCUT2D eigenvalue weighted by molar-refractivity contribution is 0.162. The minimum Gasteiger partial charge on any atom is -0.416 e. The van der Waals surface area contributed by atoms with Crippen LogP contribution in [-0.2, 0) is 14.3 Å². The van der Waals surface area contributed by atoms with Gasteiger partial charge in [0.15, 0.2) is 16.6 Å². The van der Waals surface area contributed by atoms with Crippen LogP contribution in [0.3, 0.4) is 0 Å². The summed E-state index contributed by atoms with van der Waals surface area (Å²) in [6.07, 6.45) is 0. The van der Waals surface area contributed by atoms with Crippen LogP contribution in [0.15, 0.2) is 42.5 Å². The zero-order valence-electron chi connectivity index (χ0n) is 18.1. The molecule has 1 aliphatic carbocycles. The molecule has 2 aromatic carbocycles. The molecule has 0 unspecified atom stereocenters. The van der Waals surface area contributed by atoms with E-state index in [9.17, 15) is 4.39 Å². The van der Waals surface area contributed by atoms with Crippen molar-refractivity contribution in [1.29, 1.82) is 0 Å². The maximum Gasteiger partial charge on any atom is 0.186 e. The van der Waals surface area contributed by atoms with Gasteiger partial charge in [0, 0.05) is 13.2 Å². The summed E-state index contributed by atoms with van der Waals surface area (Å²) >= 11 is 0. The zero-order chi connectivity index (χ0) is 20.6. The molecule has 0 aliphatic heterocycles. The lowest BCUT2D eigenvalue weighted by Gasteiger charge is -2.37. The molecule has 3 rings (SSSR count). The maximum atomic E-state index is 14.3. The van der Waals surface area contributed by atoms with Crippen molar-refractivity contribution in [3.05, 3.63) is 59.4 Å². The zero-order valence-corrected chi connectivity index (χ0v) is 20.1. The molecule has 2 aromatic rings. The molecule has 0 saturated heterocycles. The molecule has 0 amide bonds. The van der Waals surface area contributed by atoms with Crippen molar-refractivity contribution < 1.29 is 13.2 Å². The van der Waals surface area contributed by atoms with Crippen molar-refractivity contribution in [2.45, 2.75) is 57.5 Å². The van der Waals surface area contributed by atoms with Crippen molar-refractivity contribution in [3.63, 3.8) is 0 Å². The van der Waals surface area contributed by atoms with E-state index in [-0.39, 0.29) is 5.82 Å². The van der Waals surface area contributed by atoms with Gasteiger partial charge < -0.3 is 8.85 Å². The Labute approximate surface area is 171 Å². The molecule has 1 aliphatic rings. The van der Waals surface area contributed by atoms with Gasteiger partial charge in [-0.3, -0.25) is 0 Å². The van der Waals surface area contributed by atoms with Crippen LogP contribution in [-0.4, -0.2) is 29.8 Å². The van der Waals surface area contributed by atoms with Gasteiger partial charge in [0.1, 0.15) is 5.82 Å². The summed E-state index contributed by atoms with van der Waals surface area (Å²) in [6.45, 7) is 14.5. The Bertz CT molecular complexity index is 828. The second-order valence-electron chi connectivity index (χ2n) is 9.12. The number of hydrogen-bond donors (Lipinski definition) is 0. The number of rotatable bonds is 8. The minimum atomic E-state index is -1.77. The highest BCUT2D eigenvalue weighted by Gasteiger charge is 2.46. The van der Waals surface area contributed by atoms with Gasteiger partial charge in [-0.2, -0.15) is 0 Å². The monoisotopic (exact) mass is 416 g/mol. The van der Waals surface area contributed by atoms with Crippen LogP contribution in [0.4, 0.5) is 4.39 Å². The summed E-state index contributed by atoms with van der Waals surface area (Å²) in [5.74, 6) is -0.199. The average molecular weight is 417 g/mol. The van der Waals surface area contributed by atoms with Crippen molar-refractivity contribution in [3.8, 4) is 11.1 Å². The van der Waals surface area contributed by atoms with Crippen molar-refractivity contribution in [2.75, 3.05) is 13.2 Å². The Morgan fingerprint density at radius 2 is 1.32 bits per heavy atom. The third-order valence-corrected chi connectivity index (χ3v) is 11.6. The van der Waals surface area contributed by atoms with Gasteiger partial charge in [-0.15, -0.1) is 0 Å². The predicted molar refractivity (Wildman–Crippen MR) is 120 cm³/mol. The van der Waals surface area contributed by atoms with Gasteiger partial charge in [-0.1, -0.05) is 44.2 Å². The van der Waals surface area contributed by atoms with Gasteiger partial charge in [-0.05, 0) is 72.7 Å². The molecular weight excluding hydrogens is 383 g/mol. The fraction of sp³-hybridized carbons (Fsp3) is 0.478. The van der Waals surface area contributed by atoms with E-state index in [0.717, 1.165) is 23.2 Å². The Morgan fingerprint density at radius 3 is 1.89 bits per heavy atom. The van der Waals surface area contributed by atoms with Crippen LogP contribution < -0.4 is 0 Å². The molecule has 0 bridgehead atoms. The highest BCUT2D eigenvalue weighted by Crippen LogP contribution is 2.50. The number of fused-ring (bicyclic) bond motifs is 3. The van der Waals surface area contributed by atoms with Crippen LogP contribution in [0.5, 0.6) is 0 Å². The first-order valence-electron chi connectivity index (χ1n) is 10.3. The summed E-state index contributed by atoms with van der Waals surface area (Å²) in [7, 11) is -3.54. The van der Waals surface area contributed by atoms with E-state index in [2.05, 4.69) is 64.3 Å². The van der Waals surface area contributed by atoms with Crippen molar-refractivity contribution in [1.82, 2.24) is 0 Å². The van der Waals surface area contributed by atoms with Crippen LogP contribution in [0.2, 0.25) is 38.3 Å². The molecule has 0 aromatic heterocycles. The molecule has 0 N–H and O–H groups in total. The first kappa shape index (κ1) is 21.4. The quantitative estimate of drug-likeness (QED) is 0.453. The fourth-order valence-electron chi connectivity index (χ4n) is 3.62. The summed E-state index contributed by atoms with van der Waals surface area (Å²) in [5.41, 5.74) is 4.05. The molecule has 5 heteroatoms. The number of hydrogen-bond acceptors (Lipinski definition) is 2. The Kier molecular flexibility index (Phi) is 6.02. The van der Waals surface area contributed by atoms with E-state index < -0.39 is 22.0 Å². The van der Waals surface area contributed by atoms with Gasteiger partial charge in [-0.25, -0.2) is 4.39 Å². The van der Waals surface area contributed by atoms with E-state index in [4.69, 9.17) is 8.85 Å². The first-order valence-corrected chi connectivity index (χ1v) is 16.5. The largest absolute Gasteiger partial charge is 0.416 e. The summed E-state index contributed by atoms with van der Waals surface area (Å²) < 4.78 is 27.5. The standard InChI is InChI=1S/C23H33FO2Si2/c1-7-27(3,4)25-16-23(17-26-28(5,6)8-2)21-12-10-9-11-19(21)20-14-13-18(24)15-22(20)23/h9-15H,7-8,16-17H2,1-6H3. The Balaban J connectivity index is 2.13. The van der Waals surface area contributed by atoms with E-state index in [1.807, 2.05) is 6.07 Å². The molecular formula is C23H33FO2Si2. The molecule has 0 heterocycles. The Hall–Kier alpha value is -1.28. The highest BCUT2D eigenvalue weighted by atomic mass is 28.4. The average Bonchev–Trinajstić information content (AvgIpc) is 2.95. The summed E-state index contributed by atoms with van der Waals surface area (Å²) in [5, 5.41) is 0. The number of benzene rings is 2. The second kappa shape index (κ2) is 7.86. The number of halogens is 1. The van der Waals surface area contributed by atoms with Gasteiger partial charge in [0.05, 0.1) is 5.41 Å². The Morgan fingerprint density at radius 1 is 0.786 bits per heavy atom. The van der Waals surface area contributed by atoms with Gasteiger partial charge >= 0.3 is 0 Å². The van der Waals surface area contributed by atoms with Crippen LogP contribution in [0, 0.1) is 5.82 Å². The third-order valence-electron chi connectivity index (χ3n) is 6.35. The van der Waals surface area contributed by atoms with E-state index in [0.29, 0.717) is 13.2 Å². The lowest BCUT2D eigenvalue weighted by atomic mass is 9.80. The SMILES string of the molecule is CC[Si](C)(C)OCC1(CO[Si](C)(C)CC)c2ccccc2-c2ccc(F)cc21. The second-order valence-corrected chi connectivity index (χ2v) is 18.2. The fourth-order valence-corrected chi connectivity index (χ4v) is 5.30. The van der Waals surface area contributed by atoms with Gasteiger partial charge in [0.25, 0.3) is 0 Å². The van der Waals surface area contributed by atoms with Crippen molar-refractivity contribution in [2.24, 2.45) is 0 Å². The van der Waals surface area contributed by atoms with E-state index in [1.54, 1.807) is 12.1 Å². The van der Waals surface area contributed by atoms with Crippen LogP contribution in [0.1, 0.15) is 25.0 Å². The van der Waals surface area contributed by atoms with E-state index >= 15 is 0 Å². The van der Waals surface area contributed by atoms with Crippen LogP contribution in [0.25, 0.3) is 11.1 Å². The minimum absolute atomic E-state index is 0.199. The van der Waals surface area contributed by atoms with Crippen molar-refractivity contribution >= 4 is 16.6 Å². The maximum absolute atomic E-state index is 14.3. The third kappa shape index (κ3) is 4.04. The van der Waals surface area contributed by atoms with Crippen LogP contribution >= 0.6 is 0 Å². The smallest absolute Gasteiger partial charge is 0.186 e. The highest BCUT2D eigenvalue weighted by molar-refractivity contribution is 6.71. The topological polar surface area (TPSA) is 18.5 Å². The molecule has 2 nitrogen and oxygen atoms in total. The molecule has 0 atom stereocenters. The molecule has 0 fully saturated rings. The summed E-state index contributed by atoms with van der Waals surface area (Å²) in [6, 6.07) is 15.7. The molecule has 28 heavy (non-hydrogen) atoms.